The molecular formula is C101H102N20O4. The van der Waals surface area contributed by atoms with Gasteiger partial charge in [0.05, 0.1) is 28.5 Å². The molecule has 11 heterocycles. The summed E-state index contributed by atoms with van der Waals surface area (Å²) in [5.74, 6) is 2.64. The molecule has 16 rings (SSSR count). The molecule has 0 atom stereocenters. The molecule has 0 aliphatic heterocycles. The molecule has 4 amide bonds. The third-order valence-corrected chi connectivity index (χ3v) is 22.3. The summed E-state index contributed by atoms with van der Waals surface area (Å²) in [6.45, 7) is 41.5. The summed E-state index contributed by atoms with van der Waals surface area (Å²) in [7, 11) is 0. The number of anilines is 4. The molecule has 0 radical (unpaired) electrons. The van der Waals surface area contributed by atoms with Crippen LogP contribution in [0.3, 0.4) is 0 Å². The number of carbonyl (C=O) groups excluding carboxylic acids is 4. The van der Waals surface area contributed by atoms with Gasteiger partial charge in [-0.3, -0.25) is 19.2 Å². The molecule has 0 unspecified atom stereocenters. The minimum Gasteiger partial charge on any atom is -0.305 e. The van der Waals surface area contributed by atoms with Gasteiger partial charge in [0.15, 0.2) is 11.6 Å². The molecule has 0 fully saturated rings. The predicted molar refractivity (Wildman–Crippen MR) is 495 cm³/mol. The largest absolute Gasteiger partial charge is 0.305 e. The highest BCUT2D eigenvalue weighted by atomic mass is 16.2. The Morgan fingerprint density at radius 2 is 0.568 bits per heavy atom. The second-order valence-corrected chi connectivity index (χ2v) is 31.7. The van der Waals surface area contributed by atoms with E-state index in [0.29, 0.717) is 69.3 Å². The summed E-state index contributed by atoms with van der Waals surface area (Å²) in [5.41, 5.74) is 32.0. The molecule has 0 bridgehead atoms. The summed E-state index contributed by atoms with van der Waals surface area (Å²) in [4.78, 5) is 88.3. The average Bonchev–Trinajstić information content (AvgIpc) is 1.68. The van der Waals surface area contributed by atoms with Crippen molar-refractivity contribution < 1.29 is 19.2 Å². The lowest BCUT2D eigenvalue weighted by Crippen LogP contribution is -2.19. The van der Waals surface area contributed by atoms with E-state index >= 15 is 0 Å². The first kappa shape index (κ1) is 87.6. The minimum atomic E-state index is -0.314. The van der Waals surface area contributed by atoms with Gasteiger partial charge < -0.3 is 21.3 Å². The smallest absolute Gasteiger partial charge is 0.275 e. The lowest BCUT2D eigenvalue weighted by Gasteiger charge is -2.14. The van der Waals surface area contributed by atoms with Crippen molar-refractivity contribution in [2.75, 3.05) is 21.3 Å². The lowest BCUT2D eigenvalue weighted by molar-refractivity contribution is 0.101. The fraction of sp³-hybridized carbons (Fsp3) is 0.208. The third-order valence-electron chi connectivity index (χ3n) is 22.3. The highest BCUT2D eigenvalue weighted by molar-refractivity contribution is 6.06. The number of aryl methyl sites for hydroxylation is 17. The van der Waals surface area contributed by atoms with Gasteiger partial charge in [0.2, 0.25) is 0 Å². The van der Waals surface area contributed by atoms with Crippen LogP contribution in [0.25, 0.3) is 67.8 Å². The second-order valence-electron chi connectivity index (χ2n) is 31.7. The van der Waals surface area contributed by atoms with E-state index < -0.39 is 0 Å². The van der Waals surface area contributed by atoms with Gasteiger partial charge in [-0.25, -0.2) is 53.9 Å². The van der Waals surface area contributed by atoms with Crippen molar-refractivity contribution in [2.45, 2.75) is 145 Å². The number of rotatable bonds is 16. The van der Waals surface area contributed by atoms with Gasteiger partial charge in [-0.05, 0) is 317 Å². The van der Waals surface area contributed by atoms with Gasteiger partial charge in [-0.2, -0.15) is 25.1 Å². The summed E-state index contributed by atoms with van der Waals surface area (Å²) in [5, 5.41) is 29.7. The van der Waals surface area contributed by atoms with Crippen LogP contribution in [0.2, 0.25) is 0 Å². The van der Waals surface area contributed by atoms with Gasteiger partial charge in [-0.15, -0.1) is 0 Å². The number of carbonyl (C=O) groups is 4. The van der Waals surface area contributed by atoms with Gasteiger partial charge in [0, 0.05) is 65.3 Å². The van der Waals surface area contributed by atoms with Crippen LogP contribution in [0, 0.1) is 145 Å². The van der Waals surface area contributed by atoms with E-state index in [4.69, 9.17) is 0 Å². The van der Waals surface area contributed by atoms with E-state index in [1.165, 1.54) is 26.9 Å². The number of nitrogens with one attached hydrogen (secondary N) is 4. The SMILES string of the molecule is Cc1cc(C(=O)Nc2nc(C)c(C)cc2C)n(-c2ccc(-c3ccccc3C)cn2)n1.Cc1cc(C(=O)Nc2nc(C)c(C)cc2C)n(-c2ncc(-c3ccccc3C)cn2)n1.Cc1cc(C(=O)Nc2ncc(C)c(C)c2C)n(-c2ccc(-c3ccccc3C)cc2C)n1.Cc1cc(C(=O)Nc2ncc(C)c(C)c2C)n(-c2ccc(-c3ccccc3C)cn2)n1. The normalized spacial score (nSPS) is 10.9. The first-order valence-corrected chi connectivity index (χ1v) is 41.1. The van der Waals surface area contributed by atoms with Gasteiger partial charge in [-0.1, -0.05) is 115 Å². The van der Waals surface area contributed by atoms with Crippen molar-refractivity contribution >= 4 is 46.9 Å². The highest BCUT2D eigenvalue weighted by Gasteiger charge is 2.25. The van der Waals surface area contributed by atoms with Crippen molar-refractivity contribution in [1.29, 1.82) is 0 Å². The van der Waals surface area contributed by atoms with E-state index in [-0.39, 0.29) is 23.6 Å². The van der Waals surface area contributed by atoms with Crippen molar-refractivity contribution in [3.05, 3.63) is 353 Å². The second kappa shape index (κ2) is 37.8. The zero-order valence-corrected chi connectivity index (χ0v) is 74.5. The fourth-order valence-corrected chi connectivity index (χ4v) is 14.4. The lowest BCUT2D eigenvalue weighted by atomic mass is 9.98. The molecule has 630 valence electrons. The summed E-state index contributed by atoms with van der Waals surface area (Å²) in [6, 6.07) is 57.8. The van der Waals surface area contributed by atoms with E-state index in [0.717, 1.165) is 140 Å². The Morgan fingerprint density at radius 3 is 0.936 bits per heavy atom. The number of hydrogen-bond acceptors (Lipinski definition) is 16. The number of aromatic nitrogens is 16. The number of hydrogen-bond donors (Lipinski definition) is 4. The molecular weight excluding hydrogens is 1560 g/mol. The van der Waals surface area contributed by atoms with Crippen molar-refractivity contribution in [3.63, 3.8) is 0 Å². The molecule has 16 aromatic rings. The number of pyridine rings is 6. The van der Waals surface area contributed by atoms with Crippen LogP contribution in [0.1, 0.15) is 160 Å². The monoisotopic (exact) mass is 1660 g/mol. The molecule has 24 heteroatoms. The van der Waals surface area contributed by atoms with Crippen LogP contribution < -0.4 is 21.3 Å². The Bertz CT molecular complexity index is 6370. The highest BCUT2D eigenvalue weighted by Crippen LogP contribution is 2.32. The van der Waals surface area contributed by atoms with Crippen LogP contribution in [0.15, 0.2) is 213 Å². The minimum absolute atomic E-state index is 0.230. The van der Waals surface area contributed by atoms with Crippen LogP contribution >= 0.6 is 0 Å². The molecule has 0 aliphatic rings. The Kier molecular flexibility index (Phi) is 26.5. The Labute approximate surface area is 728 Å². The van der Waals surface area contributed by atoms with E-state index in [2.05, 4.69) is 151 Å². The van der Waals surface area contributed by atoms with Gasteiger partial charge in [0.25, 0.3) is 29.6 Å². The summed E-state index contributed by atoms with van der Waals surface area (Å²) < 4.78 is 6.33. The fourth-order valence-electron chi connectivity index (χ4n) is 14.4. The maximum Gasteiger partial charge on any atom is 0.275 e. The first-order valence-electron chi connectivity index (χ1n) is 41.1. The van der Waals surface area contributed by atoms with E-state index in [1.54, 1.807) is 63.1 Å². The topological polar surface area (TPSA) is 291 Å². The average molecular weight is 1660 g/mol. The van der Waals surface area contributed by atoms with Crippen molar-refractivity contribution in [3.8, 4) is 67.8 Å². The summed E-state index contributed by atoms with van der Waals surface area (Å²) >= 11 is 0. The molecule has 0 saturated carbocycles. The van der Waals surface area contributed by atoms with Crippen LogP contribution in [-0.2, 0) is 0 Å². The maximum absolute atomic E-state index is 13.2. The molecule has 0 saturated heterocycles. The molecule has 24 nitrogen and oxygen atoms in total. The molecule has 0 spiro atoms. The quantitative estimate of drug-likeness (QED) is 0.0699. The van der Waals surface area contributed by atoms with Crippen molar-refractivity contribution in [2.24, 2.45) is 0 Å². The van der Waals surface area contributed by atoms with Gasteiger partial charge >= 0.3 is 0 Å². The zero-order valence-electron chi connectivity index (χ0n) is 74.5. The first-order chi connectivity index (χ1) is 59.8. The predicted octanol–water partition coefficient (Wildman–Crippen LogP) is 20.8. The molecule has 125 heavy (non-hydrogen) atoms. The molecule has 11 aromatic heterocycles. The van der Waals surface area contributed by atoms with Crippen molar-refractivity contribution in [1.82, 2.24) is 79.0 Å². The Morgan fingerprint density at radius 1 is 0.248 bits per heavy atom. The maximum atomic E-state index is 13.2. The number of nitrogens with zero attached hydrogens (tertiary/aromatic N) is 16. The standard InChI is InChI=1S/C27H28N4O.2C25H25N5O.C24H24N6O/c1-16-9-7-8-10-23(16)22-11-12-24(17(2)13-22)31-25(14-19(4)30-31)27(32)29-26-21(6)20(5)18(3)15-28-26;1-15-8-6-7-9-21(15)20-10-11-23(26-14-20)30-22(12-17(3)29-30)25(31)28-24-19(5)18(4)16(2)13-27-24;1-15-8-6-7-9-21(15)20-10-11-23(26-14-20)30-22(13-18(4)29-30)25(31)28-24-17(3)12-16(2)19(5)27-24;1-14-8-6-7-9-20(14)19-12-25-24(26-13-19)30-21(11-17(4)29-30)23(31)28-22-16(3)10-15(2)18(5)27-22/h7-15H,1-6H3,(H,28,29,32);2*6-14H,1-5H3,(H,27,28,31);6-13H,1-5H3,(H,27,28,31). The van der Waals surface area contributed by atoms with Crippen LogP contribution in [-0.4, -0.2) is 103 Å². The summed E-state index contributed by atoms with van der Waals surface area (Å²) in [6.07, 6.45) is 10.7. The Hall–Kier alpha value is -15.2. The van der Waals surface area contributed by atoms with Crippen LogP contribution in [0.4, 0.5) is 23.3 Å². The van der Waals surface area contributed by atoms with Gasteiger partial charge in [0.1, 0.15) is 46.0 Å². The molecule has 0 aliphatic carbocycles. The van der Waals surface area contributed by atoms with Crippen LogP contribution in [0.5, 0.6) is 0 Å². The van der Waals surface area contributed by atoms with E-state index in [9.17, 15) is 19.2 Å². The molecule has 5 aromatic carbocycles. The third kappa shape index (κ3) is 19.9. The number of benzene rings is 5. The molecule has 4 N–H and O–H groups in total. The zero-order chi connectivity index (χ0) is 89.4. The van der Waals surface area contributed by atoms with E-state index in [1.807, 2.05) is 240 Å². The Balaban J connectivity index is 0.000000143. The number of amides is 4.